The van der Waals surface area contributed by atoms with Crippen LogP contribution in [0.1, 0.15) is 59.3 Å². The average molecular weight is 278 g/mol. The second kappa shape index (κ2) is 7.77. The van der Waals surface area contributed by atoms with Crippen LogP contribution < -0.4 is 0 Å². The fraction of sp³-hybridized carbons (Fsp3) is 0.923. The Bertz CT molecular complexity index is 348. The molecule has 1 N–H and O–H groups in total. The Hall–Kier alpha value is -0.580. The van der Waals surface area contributed by atoms with Crippen molar-refractivity contribution in [3.8, 4) is 0 Å². The predicted molar refractivity (Wildman–Crippen MR) is 73.4 cm³/mol. The van der Waals surface area contributed by atoms with Crippen molar-refractivity contribution in [3.05, 3.63) is 0 Å². The lowest BCUT2D eigenvalue weighted by Gasteiger charge is -2.28. The van der Waals surface area contributed by atoms with E-state index in [1.807, 2.05) is 13.8 Å². The number of hydrogen-bond acceptors (Lipinski definition) is 3. The van der Waals surface area contributed by atoms with E-state index in [1.165, 1.54) is 0 Å². The first-order chi connectivity index (χ1) is 8.33. The van der Waals surface area contributed by atoms with Gasteiger partial charge in [0, 0.05) is 5.75 Å². The van der Waals surface area contributed by atoms with Crippen molar-refractivity contribution in [2.24, 2.45) is 5.41 Å². The first kappa shape index (κ1) is 17.4. The van der Waals surface area contributed by atoms with E-state index in [1.54, 1.807) is 6.92 Å². The third-order valence-corrected chi connectivity index (χ3v) is 5.48. The molecule has 1 atom stereocenters. The summed E-state index contributed by atoms with van der Waals surface area (Å²) in [6.45, 7) is 5.53. The highest BCUT2D eigenvalue weighted by Crippen LogP contribution is 2.34. The van der Waals surface area contributed by atoms with Crippen molar-refractivity contribution in [3.63, 3.8) is 0 Å². The van der Waals surface area contributed by atoms with Gasteiger partial charge in [0.1, 0.15) is 9.84 Å². The van der Waals surface area contributed by atoms with E-state index in [4.69, 9.17) is 0 Å². The molecule has 0 saturated heterocycles. The molecule has 0 aromatic rings. The van der Waals surface area contributed by atoms with Gasteiger partial charge in [0.05, 0.1) is 11.2 Å². The van der Waals surface area contributed by atoms with E-state index in [0.717, 1.165) is 12.8 Å². The molecule has 0 aromatic heterocycles. The summed E-state index contributed by atoms with van der Waals surface area (Å²) in [7, 11) is -2.99. The molecule has 0 amide bonds. The third-order valence-electron chi connectivity index (χ3n) is 3.69. The van der Waals surface area contributed by atoms with Crippen LogP contribution in [-0.2, 0) is 14.6 Å². The van der Waals surface area contributed by atoms with Crippen LogP contribution in [0.5, 0.6) is 0 Å². The number of carboxylic acid groups (broad SMARTS) is 1. The number of sulfone groups is 1. The van der Waals surface area contributed by atoms with Gasteiger partial charge in [0.2, 0.25) is 0 Å². The zero-order valence-corrected chi connectivity index (χ0v) is 12.6. The first-order valence-electron chi connectivity index (χ1n) is 6.77. The summed E-state index contributed by atoms with van der Waals surface area (Å²) in [5.41, 5.74) is -0.737. The summed E-state index contributed by atoms with van der Waals surface area (Å²) in [6.07, 6.45) is 3.94. The smallest absolute Gasteiger partial charge is 0.309 e. The van der Waals surface area contributed by atoms with Gasteiger partial charge in [-0.2, -0.15) is 0 Å². The molecule has 0 radical (unpaired) electrons. The second-order valence-corrected chi connectivity index (χ2v) is 7.36. The molecule has 0 spiro atoms. The average Bonchev–Trinajstić information content (AvgIpc) is 2.33. The maximum absolute atomic E-state index is 11.4. The monoisotopic (exact) mass is 278 g/mol. The number of carbonyl (C=O) groups is 1. The van der Waals surface area contributed by atoms with E-state index in [2.05, 4.69) is 0 Å². The molecule has 5 heteroatoms. The van der Waals surface area contributed by atoms with E-state index in [0.29, 0.717) is 25.7 Å². The Morgan fingerprint density at radius 1 is 1.11 bits per heavy atom. The van der Waals surface area contributed by atoms with Crippen molar-refractivity contribution >= 4 is 15.8 Å². The molecule has 0 aliphatic heterocycles. The summed E-state index contributed by atoms with van der Waals surface area (Å²) in [4.78, 5) is 11.4. The van der Waals surface area contributed by atoms with Crippen LogP contribution in [0, 0.1) is 5.41 Å². The summed E-state index contributed by atoms with van der Waals surface area (Å²) in [5, 5.41) is 9.39. The highest BCUT2D eigenvalue weighted by molar-refractivity contribution is 7.91. The van der Waals surface area contributed by atoms with Crippen LogP contribution in [-0.4, -0.2) is 31.0 Å². The third kappa shape index (κ3) is 5.38. The molecule has 0 saturated carbocycles. The zero-order chi connectivity index (χ0) is 14.2. The molecular formula is C13H26O4S. The maximum atomic E-state index is 11.4. The normalized spacial score (nSPS) is 15.3. The molecule has 1 unspecified atom stereocenters. The largest absolute Gasteiger partial charge is 0.481 e. The summed E-state index contributed by atoms with van der Waals surface area (Å²) >= 11 is 0. The minimum Gasteiger partial charge on any atom is -0.481 e. The number of rotatable bonds is 10. The fourth-order valence-corrected chi connectivity index (χ4v) is 3.01. The molecule has 0 heterocycles. The number of unbranched alkanes of at least 4 members (excludes halogenated alkanes) is 1. The van der Waals surface area contributed by atoms with Gasteiger partial charge in [-0.15, -0.1) is 0 Å². The van der Waals surface area contributed by atoms with Gasteiger partial charge in [-0.05, 0) is 25.7 Å². The summed E-state index contributed by atoms with van der Waals surface area (Å²) in [6, 6.07) is 0. The highest BCUT2D eigenvalue weighted by atomic mass is 32.2. The van der Waals surface area contributed by atoms with Crippen LogP contribution in [0.15, 0.2) is 0 Å². The van der Waals surface area contributed by atoms with Crippen LogP contribution >= 0.6 is 0 Å². The van der Waals surface area contributed by atoms with Crippen molar-refractivity contribution in [2.75, 3.05) is 11.5 Å². The Balaban J connectivity index is 4.55. The number of aliphatic carboxylic acids is 1. The Labute approximate surface area is 111 Å². The Kier molecular flexibility index (Phi) is 7.52. The standard InChI is InChI=1S/C13H26O4S/c1-4-7-9-13(5-2,12(14)15)10-8-11-18(16,17)6-3/h4-11H2,1-3H3,(H,14,15). The van der Waals surface area contributed by atoms with Crippen LogP contribution in [0.2, 0.25) is 0 Å². The molecule has 0 rings (SSSR count). The van der Waals surface area contributed by atoms with E-state index >= 15 is 0 Å². The van der Waals surface area contributed by atoms with Crippen molar-refractivity contribution in [1.82, 2.24) is 0 Å². The van der Waals surface area contributed by atoms with E-state index < -0.39 is 21.2 Å². The van der Waals surface area contributed by atoms with Crippen LogP contribution in [0.3, 0.4) is 0 Å². The van der Waals surface area contributed by atoms with Crippen molar-refractivity contribution in [1.29, 1.82) is 0 Å². The molecule has 0 aliphatic rings. The second-order valence-electron chi connectivity index (χ2n) is 4.88. The molecule has 0 aliphatic carbocycles. The summed E-state index contributed by atoms with van der Waals surface area (Å²) < 4.78 is 22.8. The minimum atomic E-state index is -2.99. The lowest BCUT2D eigenvalue weighted by atomic mass is 9.76. The summed E-state index contributed by atoms with van der Waals surface area (Å²) in [5.74, 6) is -0.550. The van der Waals surface area contributed by atoms with Crippen LogP contribution in [0.25, 0.3) is 0 Å². The maximum Gasteiger partial charge on any atom is 0.309 e. The SMILES string of the molecule is CCCCC(CC)(CCCS(=O)(=O)CC)C(=O)O. The molecular weight excluding hydrogens is 252 g/mol. The zero-order valence-electron chi connectivity index (χ0n) is 11.7. The van der Waals surface area contributed by atoms with Crippen molar-refractivity contribution < 1.29 is 18.3 Å². The van der Waals surface area contributed by atoms with Crippen LogP contribution in [0.4, 0.5) is 0 Å². The van der Waals surface area contributed by atoms with Gasteiger partial charge < -0.3 is 5.11 Å². The highest BCUT2D eigenvalue weighted by Gasteiger charge is 2.35. The van der Waals surface area contributed by atoms with Gasteiger partial charge in [0.25, 0.3) is 0 Å². The molecule has 18 heavy (non-hydrogen) atoms. The predicted octanol–water partition coefficient (Wildman–Crippen LogP) is 2.87. The minimum absolute atomic E-state index is 0.102. The molecule has 0 fully saturated rings. The lowest BCUT2D eigenvalue weighted by Crippen LogP contribution is -2.31. The molecule has 0 bridgehead atoms. The molecule has 4 nitrogen and oxygen atoms in total. The number of hydrogen-bond donors (Lipinski definition) is 1. The van der Waals surface area contributed by atoms with E-state index in [-0.39, 0.29) is 11.5 Å². The van der Waals surface area contributed by atoms with E-state index in [9.17, 15) is 18.3 Å². The number of carboxylic acids is 1. The van der Waals surface area contributed by atoms with Gasteiger partial charge in [-0.1, -0.05) is 33.6 Å². The van der Waals surface area contributed by atoms with Gasteiger partial charge >= 0.3 is 5.97 Å². The first-order valence-corrected chi connectivity index (χ1v) is 8.59. The Morgan fingerprint density at radius 2 is 1.67 bits per heavy atom. The van der Waals surface area contributed by atoms with Crippen molar-refractivity contribution in [2.45, 2.75) is 59.3 Å². The molecule has 0 aromatic carbocycles. The fourth-order valence-electron chi connectivity index (χ4n) is 2.13. The van der Waals surface area contributed by atoms with Gasteiger partial charge in [-0.25, -0.2) is 8.42 Å². The topological polar surface area (TPSA) is 71.4 Å². The quantitative estimate of drug-likeness (QED) is 0.667. The Morgan fingerprint density at radius 3 is 2.06 bits per heavy atom. The molecule has 108 valence electrons. The van der Waals surface area contributed by atoms with Gasteiger partial charge in [0.15, 0.2) is 0 Å². The lowest BCUT2D eigenvalue weighted by molar-refractivity contribution is -0.150. The van der Waals surface area contributed by atoms with Gasteiger partial charge in [-0.3, -0.25) is 4.79 Å².